The lowest BCUT2D eigenvalue weighted by Crippen LogP contribution is -2.33. The Hall–Kier alpha value is -1.36. The second-order valence-electron chi connectivity index (χ2n) is 6.35. The molecule has 0 radical (unpaired) electrons. The average molecular weight is 293 g/mol. The van der Waals surface area contributed by atoms with Crippen LogP contribution in [-0.4, -0.2) is 48.1 Å². The van der Waals surface area contributed by atoms with E-state index in [9.17, 15) is 0 Å². The van der Waals surface area contributed by atoms with Crippen LogP contribution in [0.1, 0.15) is 39.4 Å². The smallest absolute Gasteiger partial charge is 0.132 e. The van der Waals surface area contributed by atoms with Gasteiger partial charge in [-0.05, 0) is 39.8 Å². The molecule has 0 saturated heterocycles. The van der Waals surface area contributed by atoms with Crippen molar-refractivity contribution in [2.75, 3.05) is 37.8 Å². The van der Waals surface area contributed by atoms with Crippen LogP contribution in [0, 0.1) is 12.8 Å². The maximum Gasteiger partial charge on any atom is 0.132 e. The van der Waals surface area contributed by atoms with E-state index < -0.39 is 0 Å². The highest BCUT2D eigenvalue weighted by atomic mass is 15.1. The van der Waals surface area contributed by atoms with Gasteiger partial charge in [0.1, 0.15) is 17.5 Å². The van der Waals surface area contributed by atoms with E-state index in [0.29, 0.717) is 12.0 Å². The van der Waals surface area contributed by atoms with Crippen LogP contribution < -0.4 is 10.6 Å². The number of rotatable bonds is 9. The number of likely N-dealkylation sites (N-methyl/N-ethyl adjacent to an activating group) is 1. The van der Waals surface area contributed by atoms with Gasteiger partial charge in [0.15, 0.2) is 0 Å². The Morgan fingerprint density at radius 1 is 1.19 bits per heavy atom. The minimum absolute atomic E-state index is 0.397. The van der Waals surface area contributed by atoms with Crippen LogP contribution >= 0.6 is 0 Å². The zero-order chi connectivity index (χ0) is 15.8. The Balaban J connectivity index is 2.78. The van der Waals surface area contributed by atoms with E-state index in [-0.39, 0.29) is 0 Å². The number of nitrogens with one attached hydrogen (secondary N) is 2. The van der Waals surface area contributed by atoms with E-state index in [1.165, 1.54) is 0 Å². The first-order valence-electron chi connectivity index (χ1n) is 7.91. The Bertz CT molecular complexity index is 407. The molecular weight excluding hydrogens is 262 g/mol. The van der Waals surface area contributed by atoms with Gasteiger partial charge in [-0.3, -0.25) is 0 Å². The Morgan fingerprint density at radius 3 is 2.43 bits per heavy atom. The minimum atomic E-state index is 0.397. The number of nitrogens with zero attached hydrogens (tertiary/aromatic N) is 3. The van der Waals surface area contributed by atoms with Crippen molar-refractivity contribution in [1.82, 2.24) is 14.9 Å². The maximum absolute atomic E-state index is 4.52. The van der Waals surface area contributed by atoms with Crippen LogP contribution in [0.4, 0.5) is 11.6 Å². The summed E-state index contributed by atoms with van der Waals surface area (Å²) in [6, 6.07) is 2.40. The first kappa shape index (κ1) is 17.7. The van der Waals surface area contributed by atoms with Crippen molar-refractivity contribution < 1.29 is 0 Å². The number of anilines is 2. The van der Waals surface area contributed by atoms with Crippen molar-refractivity contribution in [3.05, 3.63) is 11.9 Å². The average Bonchev–Trinajstić information content (AvgIpc) is 2.33. The highest BCUT2D eigenvalue weighted by Crippen LogP contribution is 2.15. The molecule has 1 rings (SSSR count). The molecular formula is C16H31N5. The maximum atomic E-state index is 4.52. The molecule has 2 N–H and O–H groups in total. The summed E-state index contributed by atoms with van der Waals surface area (Å²) in [5, 5.41) is 6.90. The second kappa shape index (κ2) is 8.82. The lowest BCUT2D eigenvalue weighted by Gasteiger charge is -2.24. The summed E-state index contributed by atoms with van der Waals surface area (Å²) in [6.45, 7) is 10.5. The molecule has 0 aromatic carbocycles. The van der Waals surface area contributed by atoms with Gasteiger partial charge in [-0.1, -0.05) is 20.8 Å². The monoisotopic (exact) mass is 293 g/mol. The van der Waals surface area contributed by atoms with Crippen molar-refractivity contribution in [1.29, 1.82) is 0 Å². The van der Waals surface area contributed by atoms with Crippen molar-refractivity contribution in [3.63, 3.8) is 0 Å². The minimum Gasteiger partial charge on any atom is -0.370 e. The Labute approximate surface area is 129 Å². The molecule has 0 fully saturated rings. The molecule has 0 amide bonds. The van der Waals surface area contributed by atoms with Crippen LogP contribution in [0.3, 0.4) is 0 Å². The van der Waals surface area contributed by atoms with Crippen LogP contribution in [0.25, 0.3) is 0 Å². The summed E-state index contributed by atoms with van der Waals surface area (Å²) in [4.78, 5) is 11.2. The van der Waals surface area contributed by atoms with Gasteiger partial charge >= 0.3 is 0 Å². The standard InChI is InChI=1S/C16H31N5/c1-7-8-17-15-10-16(19-13(4)18-15)20-14(9-12(2)3)11-21(5)6/h10,12,14H,7-9,11H2,1-6H3,(H2,17,18,19,20). The largest absolute Gasteiger partial charge is 0.370 e. The SMILES string of the molecule is CCCNc1cc(NC(CC(C)C)CN(C)C)nc(C)n1. The topological polar surface area (TPSA) is 53.1 Å². The molecule has 5 nitrogen and oxygen atoms in total. The zero-order valence-corrected chi connectivity index (χ0v) is 14.4. The van der Waals surface area contributed by atoms with E-state index in [4.69, 9.17) is 0 Å². The predicted octanol–water partition coefficient (Wildman–Crippen LogP) is 3.00. The third kappa shape index (κ3) is 7.27. The predicted molar refractivity (Wildman–Crippen MR) is 91.0 cm³/mol. The summed E-state index contributed by atoms with van der Waals surface area (Å²) in [6.07, 6.45) is 2.21. The van der Waals surface area contributed by atoms with E-state index in [0.717, 1.165) is 43.4 Å². The van der Waals surface area contributed by atoms with Gasteiger partial charge in [-0.25, -0.2) is 9.97 Å². The Kier molecular flexibility index (Phi) is 7.43. The van der Waals surface area contributed by atoms with Gasteiger partial charge < -0.3 is 15.5 Å². The van der Waals surface area contributed by atoms with E-state index in [1.54, 1.807) is 0 Å². The van der Waals surface area contributed by atoms with Crippen molar-refractivity contribution in [2.45, 2.75) is 46.6 Å². The van der Waals surface area contributed by atoms with Crippen LogP contribution in [0.15, 0.2) is 6.07 Å². The molecule has 0 aliphatic heterocycles. The fourth-order valence-electron chi connectivity index (χ4n) is 2.38. The highest BCUT2D eigenvalue weighted by molar-refractivity contribution is 5.48. The first-order chi connectivity index (χ1) is 9.90. The third-order valence-electron chi connectivity index (χ3n) is 3.09. The first-order valence-corrected chi connectivity index (χ1v) is 7.91. The fourth-order valence-corrected chi connectivity index (χ4v) is 2.38. The molecule has 0 aliphatic rings. The molecule has 120 valence electrons. The summed E-state index contributed by atoms with van der Waals surface area (Å²) in [5.41, 5.74) is 0. The molecule has 0 spiro atoms. The van der Waals surface area contributed by atoms with Crippen LogP contribution in [0.5, 0.6) is 0 Å². The van der Waals surface area contributed by atoms with Crippen molar-refractivity contribution in [2.24, 2.45) is 5.92 Å². The van der Waals surface area contributed by atoms with Crippen LogP contribution in [-0.2, 0) is 0 Å². The molecule has 1 aromatic heterocycles. The number of aromatic nitrogens is 2. The lowest BCUT2D eigenvalue weighted by molar-refractivity contribution is 0.356. The van der Waals surface area contributed by atoms with Crippen LogP contribution in [0.2, 0.25) is 0 Å². The molecule has 1 unspecified atom stereocenters. The molecule has 1 aromatic rings. The summed E-state index contributed by atoms with van der Waals surface area (Å²) >= 11 is 0. The summed E-state index contributed by atoms with van der Waals surface area (Å²) < 4.78 is 0. The quantitative estimate of drug-likeness (QED) is 0.733. The summed E-state index contributed by atoms with van der Waals surface area (Å²) in [7, 11) is 4.21. The lowest BCUT2D eigenvalue weighted by atomic mass is 10.0. The van der Waals surface area contributed by atoms with E-state index in [2.05, 4.69) is 60.4 Å². The number of hydrogen-bond acceptors (Lipinski definition) is 5. The van der Waals surface area contributed by atoms with E-state index in [1.807, 2.05) is 13.0 Å². The molecule has 0 aliphatic carbocycles. The molecule has 0 saturated carbocycles. The highest BCUT2D eigenvalue weighted by Gasteiger charge is 2.13. The van der Waals surface area contributed by atoms with Gasteiger partial charge in [-0.15, -0.1) is 0 Å². The Morgan fingerprint density at radius 2 is 1.86 bits per heavy atom. The van der Waals surface area contributed by atoms with Crippen molar-refractivity contribution >= 4 is 11.6 Å². The van der Waals surface area contributed by atoms with Gasteiger partial charge in [0, 0.05) is 25.2 Å². The third-order valence-corrected chi connectivity index (χ3v) is 3.09. The number of hydrogen-bond donors (Lipinski definition) is 2. The van der Waals surface area contributed by atoms with Gasteiger partial charge in [0.25, 0.3) is 0 Å². The zero-order valence-electron chi connectivity index (χ0n) is 14.4. The van der Waals surface area contributed by atoms with E-state index >= 15 is 0 Å². The van der Waals surface area contributed by atoms with Crippen molar-refractivity contribution in [3.8, 4) is 0 Å². The molecule has 1 atom stereocenters. The molecule has 5 heteroatoms. The molecule has 1 heterocycles. The second-order valence-corrected chi connectivity index (χ2v) is 6.35. The summed E-state index contributed by atoms with van der Waals surface area (Å²) in [5.74, 6) is 3.27. The molecule has 21 heavy (non-hydrogen) atoms. The fraction of sp³-hybridized carbons (Fsp3) is 0.750. The number of aryl methyl sites for hydroxylation is 1. The molecule has 0 bridgehead atoms. The van der Waals surface area contributed by atoms with Gasteiger partial charge in [0.2, 0.25) is 0 Å². The van der Waals surface area contributed by atoms with Gasteiger partial charge in [0.05, 0.1) is 0 Å². The normalized spacial score (nSPS) is 12.8. The van der Waals surface area contributed by atoms with Gasteiger partial charge in [-0.2, -0.15) is 0 Å².